The quantitative estimate of drug-likeness (QED) is 0.729. The van der Waals surface area contributed by atoms with E-state index in [9.17, 15) is 14.7 Å². The van der Waals surface area contributed by atoms with E-state index >= 15 is 0 Å². The van der Waals surface area contributed by atoms with Crippen LogP contribution in [0, 0.1) is 0 Å². The fourth-order valence-corrected chi connectivity index (χ4v) is 2.19. The molecule has 0 aliphatic heterocycles. The number of urea groups is 1. The zero-order valence-corrected chi connectivity index (χ0v) is 13.6. The molecule has 0 aliphatic rings. The molecule has 0 aromatic heterocycles. The first kappa shape index (κ1) is 17.5. The molecule has 0 bridgehead atoms. The van der Waals surface area contributed by atoms with Gasteiger partial charge in [0.1, 0.15) is 0 Å². The van der Waals surface area contributed by atoms with E-state index in [1.807, 2.05) is 13.8 Å². The van der Waals surface area contributed by atoms with Gasteiger partial charge in [-0.15, -0.1) is 0 Å². The highest BCUT2D eigenvalue weighted by Gasteiger charge is 2.19. The Morgan fingerprint density at radius 3 is 2.57 bits per heavy atom. The summed E-state index contributed by atoms with van der Waals surface area (Å²) in [7, 11) is 0. The molecule has 7 heteroatoms. The predicted molar refractivity (Wildman–Crippen MR) is 83.7 cm³/mol. The van der Waals surface area contributed by atoms with Crippen molar-refractivity contribution in [1.29, 1.82) is 0 Å². The van der Waals surface area contributed by atoms with Crippen LogP contribution in [-0.4, -0.2) is 46.3 Å². The molecule has 0 aliphatic carbocycles. The second-order valence-corrected chi connectivity index (χ2v) is 5.71. The van der Waals surface area contributed by atoms with Crippen LogP contribution < -0.4 is 5.32 Å². The number of anilines is 1. The fraction of sp³-hybridized carbons (Fsp3) is 0.429. The van der Waals surface area contributed by atoms with Crippen LogP contribution in [0.5, 0.6) is 0 Å². The molecule has 0 spiro atoms. The van der Waals surface area contributed by atoms with Gasteiger partial charge in [0, 0.05) is 23.7 Å². The summed E-state index contributed by atoms with van der Waals surface area (Å²) in [6, 6.07) is 4.19. The molecule has 1 aromatic rings. The minimum atomic E-state index is -1.11. The van der Waals surface area contributed by atoms with Gasteiger partial charge in [0.05, 0.1) is 11.3 Å². The average Bonchev–Trinajstić information content (AvgIpc) is 2.40. The van der Waals surface area contributed by atoms with Gasteiger partial charge in [0.2, 0.25) is 0 Å². The number of halogens is 1. The minimum Gasteiger partial charge on any atom is -0.478 e. The molecular formula is C14H19BrN2O4. The molecule has 0 heterocycles. The number of aromatic carboxylic acids is 1. The molecule has 2 amide bonds. The first-order chi connectivity index (χ1) is 9.86. The molecule has 6 nitrogen and oxygen atoms in total. The minimum absolute atomic E-state index is 0.00480. The zero-order valence-electron chi connectivity index (χ0n) is 12.0. The van der Waals surface area contributed by atoms with Gasteiger partial charge in [-0.25, -0.2) is 9.59 Å². The van der Waals surface area contributed by atoms with Crippen molar-refractivity contribution >= 4 is 33.6 Å². The van der Waals surface area contributed by atoms with Crippen LogP contribution >= 0.6 is 15.9 Å². The highest BCUT2D eigenvalue weighted by atomic mass is 79.9. The second kappa shape index (κ2) is 7.99. The summed E-state index contributed by atoms with van der Waals surface area (Å²) in [5.41, 5.74) is 0.258. The number of aliphatic hydroxyl groups excluding tert-OH is 1. The number of rotatable bonds is 6. The van der Waals surface area contributed by atoms with Crippen LogP contribution in [0.2, 0.25) is 0 Å². The van der Waals surface area contributed by atoms with Crippen molar-refractivity contribution in [3.63, 3.8) is 0 Å². The number of carboxylic acids is 1. The van der Waals surface area contributed by atoms with Crippen molar-refractivity contribution < 1.29 is 19.8 Å². The van der Waals surface area contributed by atoms with Crippen molar-refractivity contribution in [1.82, 2.24) is 4.90 Å². The van der Waals surface area contributed by atoms with Gasteiger partial charge in [0.25, 0.3) is 0 Å². The molecule has 116 valence electrons. The number of carbonyl (C=O) groups is 2. The number of nitrogens with one attached hydrogen (secondary N) is 1. The largest absolute Gasteiger partial charge is 0.478 e. The molecule has 1 aromatic carbocycles. The third-order valence-electron chi connectivity index (χ3n) is 2.89. The lowest BCUT2D eigenvalue weighted by Gasteiger charge is -2.27. The van der Waals surface area contributed by atoms with Crippen LogP contribution in [0.15, 0.2) is 22.7 Å². The third-order valence-corrected chi connectivity index (χ3v) is 3.39. The Balaban J connectivity index is 2.93. The number of amides is 2. The van der Waals surface area contributed by atoms with Gasteiger partial charge in [-0.1, -0.05) is 15.9 Å². The van der Waals surface area contributed by atoms with E-state index in [4.69, 9.17) is 5.11 Å². The average molecular weight is 359 g/mol. The van der Waals surface area contributed by atoms with Crippen molar-refractivity contribution in [2.45, 2.75) is 26.3 Å². The summed E-state index contributed by atoms with van der Waals surface area (Å²) in [6.45, 7) is 4.11. The molecule has 0 unspecified atom stereocenters. The monoisotopic (exact) mass is 358 g/mol. The summed E-state index contributed by atoms with van der Waals surface area (Å²) in [6.07, 6.45) is 0.470. The van der Waals surface area contributed by atoms with Crippen molar-refractivity contribution in [3.8, 4) is 0 Å². The lowest BCUT2D eigenvalue weighted by atomic mass is 10.2. The fourth-order valence-electron chi connectivity index (χ4n) is 1.82. The maximum atomic E-state index is 12.2. The maximum Gasteiger partial charge on any atom is 0.337 e. The molecule has 0 atom stereocenters. The Bertz CT molecular complexity index is 520. The smallest absolute Gasteiger partial charge is 0.337 e. The Morgan fingerprint density at radius 2 is 2.05 bits per heavy atom. The molecule has 1 rings (SSSR count). The summed E-state index contributed by atoms with van der Waals surface area (Å²) < 4.78 is 0.624. The molecule has 21 heavy (non-hydrogen) atoms. The highest BCUT2D eigenvalue weighted by Crippen LogP contribution is 2.21. The summed E-state index contributed by atoms with van der Waals surface area (Å²) in [4.78, 5) is 25.0. The number of carboxylic acid groups (broad SMARTS) is 1. The zero-order chi connectivity index (χ0) is 16.0. The first-order valence-electron chi connectivity index (χ1n) is 6.58. The van der Waals surface area contributed by atoms with E-state index < -0.39 is 5.97 Å². The Kier molecular flexibility index (Phi) is 6.64. The van der Waals surface area contributed by atoms with Crippen molar-refractivity contribution in [2.24, 2.45) is 0 Å². The number of nitrogens with zero attached hydrogens (tertiary/aromatic N) is 1. The van der Waals surface area contributed by atoms with Crippen LogP contribution in [0.1, 0.15) is 30.6 Å². The standard InChI is InChI=1S/C14H19BrN2O4/c1-9(2)17(6-3-7-18)14(21)16-12-5-4-10(15)8-11(12)13(19)20/h4-5,8-9,18H,3,6-7H2,1-2H3,(H,16,21)(H,19,20). The maximum absolute atomic E-state index is 12.2. The van der Waals surface area contributed by atoms with Gasteiger partial charge in [-0.3, -0.25) is 0 Å². The Hall–Kier alpha value is -1.60. The summed E-state index contributed by atoms with van der Waals surface area (Å²) in [5.74, 6) is -1.11. The van der Waals surface area contributed by atoms with Crippen molar-refractivity contribution in [3.05, 3.63) is 28.2 Å². The van der Waals surface area contributed by atoms with E-state index in [0.29, 0.717) is 17.4 Å². The van der Waals surface area contributed by atoms with Gasteiger partial charge in [0.15, 0.2) is 0 Å². The van der Waals surface area contributed by atoms with Gasteiger partial charge >= 0.3 is 12.0 Å². The molecule has 0 saturated carbocycles. The number of benzene rings is 1. The molecule has 3 N–H and O–H groups in total. The number of carbonyl (C=O) groups excluding carboxylic acids is 1. The molecule has 0 saturated heterocycles. The number of hydrogen-bond acceptors (Lipinski definition) is 3. The van der Waals surface area contributed by atoms with E-state index in [2.05, 4.69) is 21.2 Å². The van der Waals surface area contributed by atoms with Crippen LogP contribution in [-0.2, 0) is 0 Å². The summed E-state index contributed by atoms with van der Waals surface area (Å²) in [5, 5.41) is 20.7. The molecular weight excluding hydrogens is 340 g/mol. The van der Waals surface area contributed by atoms with E-state index in [0.717, 1.165) is 0 Å². The third kappa shape index (κ3) is 5.02. The second-order valence-electron chi connectivity index (χ2n) is 4.79. The summed E-state index contributed by atoms with van der Waals surface area (Å²) >= 11 is 3.20. The van der Waals surface area contributed by atoms with Gasteiger partial charge in [-0.05, 0) is 38.5 Å². The lowest BCUT2D eigenvalue weighted by Crippen LogP contribution is -2.41. The van der Waals surface area contributed by atoms with Crippen LogP contribution in [0.4, 0.5) is 10.5 Å². The Labute approximate surface area is 131 Å². The molecule has 0 radical (unpaired) electrons. The number of hydrogen-bond donors (Lipinski definition) is 3. The SMILES string of the molecule is CC(C)N(CCCO)C(=O)Nc1ccc(Br)cc1C(=O)O. The Morgan fingerprint density at radius 1 is 1.38 bits per heavy atom. The molecule has 0 fully saturated rings. The predicted octanol–water partition coefficient (Wildman–Crippen LogP) is 2.77. The van der Waals surface area contributed by atoms with Crippen molar-refractivity contribution in [2.75, 3.05) is 18.5 Å². The highest BCUT2D eigenvalue weighted by molar-refractivity contribution is 9.10. The van der Waals surface area contributed by atoms with Crippen LogP contribution in [0.3, 0.4) is 0 Å². The lowest BCUT2D eigenvalue weighted by molar-refractivity contribution is 0.0698. The van der Waals surface area contributed by atoms with Crippen LogP contribution in [0.25, 0.3) is 0 Å². The first-order valence-corrected chi connectivity index (χ1v) is 7.37. The van der Waals surface area contributed by atoms with Gasteiger partial charge in [-0.2, -0.15) is 0 Å². The number of aliphatic hydroxyl groups is 1. The topological polar surface area (TPSA) is 89.9 Å². The van der Waals surface area contributed by atoms with E-state index in [1.54, 1.807) is 11.0 Å². The normalized spacial score (nSPS) is 10.5. The van der Waals surface area contributed by atoms with E-state index in [1.165, 1.54) is 12.1 Å². The van der Waals surface area contributed by atoms with E-state index in [-0.39, 0.29) is 29.9 Å². The van der Waals surface area contributed by atoms with Gasteiger partial charge < -0.3 is 20.4 Å².